The topological polar surface area (TPSA) is 80.6 Å². The minimum Gasteiger partial charge on any atom is -0.469 e. The van der Waals surface area contributed by atoms with Gasteiger partial charge in [-0.2, -0.15) is 5.10 Å². The Balaban J connectivity index is 1.47. The average Bonchev–Trinajstić information content (AvgIpc) is 3.32. The minimum absolute atomic E-state index is 0.333. The zero-order valence-electron chi connectivity index (χ0n) is 13.2. The molecule has 0 aliphatic carbocycles. The fraction of sp³-hybridized carbons (Fsp3) is 0.0556. The van der Waals surface area contributed by atoms with Crippen LogP contribution in [0.2, 0.25) is 0 Å². The molecule has 1 N–H and O–H groups in total. The number of carbonyl (C=O) groups is 1. The minimum atomic E-state index is -0.333. The van der Waals surface area contributed by atoms with Crippen LogP contribution in [0.15, 0.2) is 62.7 Å². The molecule has 7 heteroatoms. The second-order valence-electron chi connectivity index (χ2n) is 5.28. The van der Waals surface area contributed by atoms with Crippen LogP contribution >= 0.6 is 11.3 Å². The summed E-state index contributed by atoms with van der Waals surface area (Å²) in [4.78, 5) is 16.5. The summed E-state index contributed by atoms with van der Waals surface area (Å²) in [5.41, 5.74) is 3.83. The van der Waals surface area contributed by atoms with Gasteiger partial charge < -0.3 is 8.83 Å². The molecular formula is C18H13N3O3S. The first-order chi connectivity index (χ1) is 12.2. The molecule has 0 spiro atoms. The summed E-state index contributed by atoms with van der Waals surface area (Å²) in [5, 5.41) is 4.72. The molecule has 0 bridgehead atoms. The molecule has 1 amide bonds. The number of aryl methyl sites for hydroxylation is 1. The number of nitrogens with one attached hydrogen (secondary N) is 1. The van der Waals surface area contributed by atoms with E-state index in [1.165, 1.54) is 12.5 Å². The number of thiazole rings is 1. The summed E-state index contributed by atoms with van der Waals surface area (Å²) >= 11 is 1.56. The SMILES string of the molecule is Cc1occc1C(=O)N/N=C\c1ccc(-c2nc3ccccc3s2)o1. The van der Waals surface area contributed by atoms with Gasteiger partial charge >= 0.3 is 0 Å². The number of benzene rings is 1. The highest BCUT2D eigenvalue weighted by Gasteiger charge is 2.11. The lowest BCUT2D eigenvalue weighted by Crippen LogP contribution is -2.17. The Morgan fingerprint density at radius 1 is 1.24 bits per heavy atom. The molecule has 4 rings (SSSR count). The zero-order valence-corrected chi connectivity index (χ0v) is 14.0. The molecule has 0 radical (unpaired) electrons. The fourth-order valence-corrected chi connectivity index (χ4v) is 3.28. The Bertz CT molecular complexity index is 1040. The number of carbonyl (C=O) groups excluding carboxylic acids is 1. The maximum atomic E-state index is 11.9. The highest BCUT2D eigenvalue weighted by atomic mass is 32.1. The number of nitrogens with zero attached hydrogens (tertiary/aromatic N) is 2. The number of hydrogen-bond donors (Lipinski definition) is 1. The van der Waals surface area contributed by atoms with E-state index in [9.17, 15) is 4.79 Å². The van der Waals surface area contributed by atoms with Gasteiger partial charge in [0.2, 0.25) is 0 Å². The Morgan fingerprint density at radius 3 is 2.92 bits per heavy atom. The van der Waals surface area contributed by atoms with E-state index in [4.69, 9.17) is 8.83 Å². The average molecular weight is 351 g/mol. The van der Waals surface area contributed by atoms with E-state index >= 15 is 0 Å². The quantitative estimate of drug-likeness (QED) is 0.441. The third kappa shape index (κ3) is 3.09. The van der Waals surface area contributed by atoms with Crippen LogP contribution in [0.25, 0.3) is 21.0 Å². The van der Waals surface area contributed by atoms with E-state index in [0.29, 0.717) is 22.8 Å². The summed E-state index contributed by atoms with van der Waals surface area (Å²) < 4.78 is 11.9. The highest BCUT2D eigenvalue weighted by Crippen LogP contribution is 2.30. The van der Waals surface area contributed by atoms with Crippen molar-refractivity contribution in [1.29, 1.82) is 0 Å². The van der Waals surface area contributed by atoms with E-state index in [-0.39, 0.29) is 5.91 Å². The van der Waals surface area contributed by atoms with Gasteiger partial charge in [0.1, 0.15) is 11.5 Å². The molecule has 0 unspecified atom stereocenters. The number of amides is 1. The van der Waals surface area contributed by atoms with E-state index in [2.05, 4.69) is 15.5 Å². The van der Waals surface area contributed by atoms with Gasteiger partial charge in [-0.15, -0.1) is 11.3 Å². The van der Waals surface area contributed by atoms with Gasteiger partial charge in [0.05, 0.1) is 28.3 Å². The molecule has 0 atom stereocenters. The third-order valence-electron chi connectivity index (χ3n) is 3.59. The number of rotatable bonds is 4. The molecule has 124 valence electrons. The van der Waals surface area contributed by atoms with Crippen molar-refractivity contribution in [2.75, 3.05) is 0 Å². The first kappa shape index (κ1) is 15.3. The standard InChI is InChI=1S/C18H13N3O3S/c1-11-13(8-9-23-11)17(22)21-19-10-12-6-7-15(24-12)18-20-14-4-2-3-5-16(14)25-18/h2-10H,1H3,(H,21,22)/b19-10-. The van der Waals surface area contributed by atoms with Crippen LogP contribution in [0.4, 0.5) is 0 Å². The molecule has 3 aromatic heterocycles. The van der Waals surface area contributed by atoms with Crippen LogP contribution in [0, 0.1) is 6.92 Å². The third-order valence-corrected chi connectivity index (χ3v) is 4.64. The van der Waals surface area contributed by atoms with Crippen molar-refractivity contribution in [1.82, 2.24) is 10.4 Å². The highest BCUT2D eigenvalue weighted by molar-refractivity contribution is 7.21. The molecule has 0 fully saturated rings. The number of para-hydroxylation sites is 1. The van der Waals surface area contributed by atoms with Crippen LogP contribution in [0.5, 0.6) is 0 Å². The summed E-state index contributed by atoms with van der Waals surface area (Å²) in [6, 6.07) is 13.1. The lowest BCUT2D eigenvalue weighted by Gasteiger charge is -1.96. The van der Waals surface area contributed by atoms with Gasteiger partial charge in [-0.3, -0.25) is 4.79 Å². The largest absolute Gasteiger partial charge is 0.469 e. The maximum Gasteiger partial charge on any atom is 0.274 e. The van der Waals surface area contributed by atoms with Gasteiger partial charge in [-0.05, 0) is 37.3 Å². The zero-order chi connectivity index (χ0) is 17.2. The molecule has 4 aromatic rings. The van der Waals surface area contributed by atoms with E-state index in [1.807, 2.05) is 30.3 Å². The van der Waals surface area contributed by atoms with Crippen molar-refractivity contribution in [3.63, 3.8) is 0 Å². The van der Waals surface area contributed by atoms with Gasteiger partial charge in [-0.1, -0.05) is 12.1 Å². The summed E-state index contributed by atoms with van der Waals surface area (Å²) in [6.45, 7) is 1.72. The second-order valence-corrected chi connectivity index (χ2v) is 6.31. The molecule has 6 nitrogen and oxygen atoms in total. The Kier molecular flexibility index (Phi) is 3.91. The molecule has 0 saturated heterocycles. The van der Waals surface area contributed by atoms with Crippen molar-refractivity contribution in [3.05, 3.63) is 65.8 Å². The summed E-state index contributed by atoms with van der Waals surface area (Å²) in [5.74, 6) is 1.41. The van der Waals surface area contributed by atoms with Crippen LogP contribution < -0.4 is 5.43 Å². The van der Waals surface area contributed by atoms with Crippen molar-refractivity contribution >= 4 is 33.7 Å². The van der Waals surface area contributed by atoms with Crippen LogP contribution in [-0.4, -0.2) is 17.1 Å². The van der Waals surface area contributed by atoms with Gasteiger partial charge in [0, 0.05) is 0 Å². The second kappa shape index (κ2) is 6.37. The number of hydrazone groups is 1. The van der Waals surface area contributed by atoms with Crippen molar-refractivity contribution in [2.24, 2.45) is 5.10 Å². The smallest absolute Gasteiger partial charge is 0.274 e. The summed E-state index contributed by atoms with van der Waals surface area (Å²) in [7, 11) is 0. The van der Waals surface area contributed by atoms with Crippen molar-refractivity contribution < 1.29 is 13.6 Å². The Labute approximate surface area is 146 Å². The molecule has 0 aliphatic rings. The van der Waals surface area contributed by atoms with Crippen molar-refractivity contribution in [3.8, 4) is 10.8 Å². The number of fused-ring (bicyclic) bond motifs is 1. The van der Waals surface area contributed by atoms with Crippen LogP contribution in [0.3, 0.4) is 0 Å². The van der Waals surface area contributed by atoms with E-state index in [0.717, 1.165) is 15.2 Å². The van der Waals surface area contributed by atoms with Gasteiger partial charge in [0.25, 0.3) is 5.91 Å². The molecule has 25 heavy (non-hydrogen) atoms. The van der Waals surface area contributed by atoms with Crippen LogP contribution in [0.1, 0.15) is 21.9 Å². The van der Waals surface area contributed by atoms with Gasteiger partial charge in [0.15, 0.2) is 10.8 Å². The lowest BCUT2D eigenvalue weighted by atomic mass is 10.2. The molecule has 0 aliphatic heterocycles. The Hall–Kier alpha value is -3.19. The Morgan fingerprint density at radius 2 is 2.12 bits per heavy atom. The molecule has 1 aromatic carbocycles. The molecule has 3 heterocycles. The van der Waals surface area contributed by atoms with Crippen LogP contribution in [-0.2, 0) is 0 Å². The predicted molar refractivity (Wildman–Crippen MR) is 95.8 cm³/mol. The van der Waals surface area contributed by atoms with E-state index in [1.54, 1.807) is 30.4 Å². The monoisotopic (exact) mass is 351 g/mol. The fourth-order valence-electron chi connectivity index (χ4n) is 2.35. The first-order valence-electron chi connectivity index (χ1n) is 7.54. The molecule has 0 saturated carbocycles. The first-order valence-corrected chi connectivity index (χ1v) is 8.35. The number of furan rings is 2. The van der Waals surface area contributed by atoms with Gasteiger partial charge in [-0.25, -0.2) is 10.4 Å². The number of aromatic nitrogens is 1. The van der Waals surface area contributed by atoms with E-state index < -0.39 is 0 Å². The normalized spacial score (nSPS) is 11.4. The molecular weight excluding hydrogens is 338 g/mol. The predicted octanol–water partition coefficient (Wildman–Crippen LogP) is 4.22. The van der Waals surface area contributed by atoms with Crippen molar-refractivity contribution in [2.45, 2.75) is 6.92 Å². The number of hydrogen-bond acceptors (Lipinski definition) is 6. The maximum absolute atomic E-state index is 11.9. The summed E-state index contributed by atoms with van der Waals surface area (Å²) in [6.07, 6.45) is 2.91. The lowest BCUT2D eigenvalue weighted by molar-refractivity contribution is 0.0953.